The summed E-state index contributed by atoms with van der Waals surface area (Å²) in [6.45, 7) is 6.52. The maximum absolute atomic E-state index is 13.6. The first-order valence-electron chi connectivity index (χ1n) is 5.61. The van der Waals surface area contributed by atoms with Crippen LogP contribution >= 0.6 is 0 Å². The largest absolute Gasteiger partial charge is 0.233 e. The molecule has 0 aromatic heterocycles. The summed E-state index contributed by atoms with van der Waals surface area (Å²) in [5.74, 6) is 5.82. The van der Waals surface area contributed by atoms with Crippen LogP contribution in [0.2, 0.25) is 0 Å². The summed E-state index contributed by atoms with van der Waals surface area (Å²) in [7, 11) is 0. The molecule has 0 N–H and O–H groups in total. The number of halogens is 1. The van der Waals surface area contributed by atoms with Crippen LogP contribution in [0, 0.1) is 23.2 Å². The topological polar surface area (TPSA) is 0 Å². The number of alkyl halides is 1. The van der Waals surface area contributed by atoms with E-state index in [9.17, 15) is 4.39 Å². The second kappa shape index (κ2) is 4.82. The minimum Gasteiger partial charge on any atom is -0.233 e. The quantitative estimate of drug-likeness (QED) is 0.557. The molecule has 0 nitrogen and oxygen atoms in total. The molecule has 0 bridgehead atoms. The predicted molar refractivity (Wildman–Crippen MR) is 58.7 cm³/mol. The van der Waals surface area contributed by atoms with Crippen LogP contribution in [0.15, 0.2) is 0 Å². The average Bonchev–Trinajstić information content (AvgIpc) is 2.03. The Morgan fingerprint density at radius 2 is 2.00 bits per heavy atom. The van der Waals surface area contributed by atoms with Crippen LogP contribution in [-0.4, -0.2) is 6.17 Å². The van der Waals surface area contributed by atoms with E-state index in [-0.39, 0.29) is 11.3 Å². The molecule has 2 unspecified atom stereocenters. The Hall–Kier alpha value is -0.510. The first-order valence-corrected chi connectivity index (χ1v) is 5.61. The fourth-order valence-corrected chi connectivity index (χ4v) is 2.05. The number of hydrogen-bond acceptors (Lipinski definition) is 0. The summed E-state index contributed by atoms with van der Waals surface area (Å²) < 4.78 is 13.6. The molecule has 14 heavy (non-hydrogen) atoms. The van der Waals surface area contributed by atoms with Gasteiger partial charge < -0.3 is 0 Å². The zero-order chi connectivity index (χ0) is 10.6. The van der Waals surface area contributed by atoms with Gasteiger partial charge in [0.2, 0.25) is 0 Å². The SMILES string of the molecule is CC(C)(C)CC1CCCCC#CC1F. The molecule has 80 valence electrons. The lowest BCUT2D eigenvalue weighted by molar-refractivity contribution is 0.194. The summed E-state index contributed by atoms with van der Waals surface area (Å²) in [4.78, 5) is 0. The van der Waals surface area contributed by atoms with Crippen molar-refractivity contribution in [1.82, 2.24) is 0 Å². The number of rotatable bonds is 1. The molecule has 0 amide bonds. The maximum Gasteiger partial charge on any atom is 0.163 e. The molecular formula is C13H21F. The van der Waals surface area contributed by atoms with Crippen LogP contribution in [0.4, 0.5) is 4.39 Å². The minimum absolute atomic E-state index is 0.155. The van der Waals surface area contributed by atoms with Crippen LogP contribution in [0.1, 0.15) is 52.9 Å². The first kappa shape index (κ1) is 11.6. The van der Waals surface area contributed by atoms with E-state index in [1.807, 2.05) is 0 Å². The molecule has 0 fully saturated rings. The van der Waals surface area contributed by atoms with Gasteiger partial charge in [-0.15, -0.1) is 5.92 Å². The monoisotopic (exact) mass is 196 g/mol. The maximum atomic E-state index is 13.6. The highest BCUT2D eigenvalue weighted by atomic mass is 19.1. The van der Waals surface area contributed by atoms with Crippen molar-refractivity contribution in [1.29, 1.82) is 0 Å². The van der Waals surface area contributed by atoms with Crippen molar-refractivity contribution in [3.8, 4) is 11.8 Å². The van der Waals surface area contributed by atoms with E-state index in [1.54, 1.807) is 0 Å². The second-order valence-corrected chi connectivity index (χ2v) is 5.49. The summed E-state index contributed by atoms with van der Waals surface area (Å²) in [5.41, 5.74) is 0.218. The summed E-state index contributed by atoms with van der Waals surface area (Å²) in [5, 5.41) is 0. The van der Waals surface area contributed by atoms with Crippen molar-refractivity contribution in [3.05, 3.63) is 0 Å². The predicted octanol–water partition coefficient (Wildman–Crippen LogP) is 3.95. The Labute approximate surface area is 87.3 Å². The fraction of sp³-hybridized carbons (Fsp3) is 0.846. The van der Waals surface area contributed by atoms with Crippen molar-refractivity contribution in [2.45, 2.75) is 59.0 Å². The lowest BCUT2D eigenvalue weighted by atomic mass is 9.80. The van der Waals surface area contributed by atoms with Gasteiger partial charge in [-0.1, -0.05) is 33.1 Å². The van der Waals surface area contributed by atoms with E-state index < -0.39 is 6.17 Å². The summed E-state index contributed by atoms with van der Waals surface area (Å²) in [6.07, 6.45) is 4.21. The second-order valence-electron chi connectivity index (χ2n) is 5.49. The lowest BCUT2D eigenvalue weighted by Crippen LogP contribution is -2.22. The van der Waals surface area contributed by atoms with E-state index in [0.29, 0.717) is 0 Å². The molecule has 0 saturated carbocycles. The number of hydrogen-bond donors (Lipinski definition) is 0. The molecule has 1 heteroatoms. The van der Waals surface area contributed by atoms with Crippen LogP contribution < -0.4 is 0 Å². The van der Waals surface area contributed by atoms with Crippen molar-refractivity contribution in [2.75, 3.05) is 0 Å². The van der Waals surface area contributed by atoms with Crippen LogP contribution in [0.3, 0.4) is 0 Å². The Kier molecular flexibility index (Phi) is 3.98. The van der Waals surface area contributed by atoms with Crippen molar-refractivity contribution < 1.29 is 4.39 Å². The van der Waals surface area contributed by atoms with Crippen LogP contribution in [-0.2, 0) is 0 Å². The molecule has 1 rings (SSSR count). The summed E-state index contributed by atoms with van der Waals surface area (Å²) >= 11 is 0. The van der Waals surface area contributed by atoms with Gasteiger partial charge in [0.05, 0.1) is 0 Å². The van der Waals surface area contributed by atoms with Gasteiger partial charge in [0, 0.05) is 12.3 Å². The Bertz CT molecular complexity index is 226. The molecule has 0 spiro atoms. The minimum atomic E-state index is -0.894. The van der Waals surface area contributed by atoms with Crippen molar-refractivity contribution in [3.63, 3.8) is 0 Å². The third kappa shape index (κ3) is 4.13. The third-order valence-electron chi connectivity index (χ3n) is 2.66. The van der Waals surface area contributed by atoms with E-state index in [2.05, 4.69) is 32.6 Å². The highest BCUT2D eigenvalue weighted by Crippen LogP contribution is 2.31. The van der Waals surface area contributed by atoms with Gasteiger partial charge in [-0.3, -0.25) is 0 Å². The lowest BCUT2D eigenvalue weighted by Gasteiger charge is -2.27. The van der Waals surface area contributed by atoms with Gasteiger partial charge in [0.1, 0.15) is 0 Å². The van der Waals surface area contributed by atoms with E-state index in [4.69, 9.17) is 0 Å². The molecule has 1 aliphatic rings. The van der Waals surface area contributed by atoms with E-state index >= 15 is 0 Å². The van der Waals surface area contributed by atoms with Crippen molar-refractivity contribution >= 4 is 0 Å². The molecule has 0 heterocycles. The van der Waals surface area contributed by atoms with Gasteiger partial charge in [-0.25, -0.2) is 4.39 Å². The molecule has 0 aromatic carbocycles. The highest BCUT2D eigenvalue weighted by Gasteiger charge is 2.25. The first-order chi connectivity index (χ1) is 6.49. The molecular weight excluding hydrogens is 175 g/mol. The van der Waals surface area contributed by atoms with E-state index in [1.165, 1.54) is 0 Å². The Balaban J connectivity index is 2.58. The Morgan fingerprint density at radius 3 is 2.64 bits per heavy atom. The van der Waals surface area contributed by atoms with Gasteiger partial charge >= 0.3 is 0 Å². The van der Waals surface area contributed by atoms with Crippen LogP contribution in [0.5, 0.6) is 0 Å². The highest BCUT2D eigenvalue weighted by molar-refractivity contribution is 5.08. The molecule has 0 saturated heterocycles. The summed E-state index contributed by atoms with van der Waals surface area (Å²) in [6, 6.07) is 0. The Morgan fingerprint density at radius 1 is 1.29 bits per heavy atom. The molecule has 1 aliphatic carbocycles. The zero-order valence-electron chi connectivity index (χ0n) is 9.57. The molecule has 0 radical (unpaired) electrons. The van der Waals surface area contributed by atoms with Gasteiger partial charge in [-0.2, -0.15) is 0 Å². The fourth-order valence-electron chi connectivity index (χ4n) is 2.05. The molecule has 0 aromatic rings. The standard InChI is InChI=1S/C13H21F/c1-13(2,3)10-11-8-6-4-5-7-9-12(11)14/h11-12H,4-6,8,10H2,1-3H3. The van der Waals surface area contributed by atoms with Crippen molar-refractivity contribution in [2.24, 2.45) is 11.3 Å². The van der Waals surface area contributed by atoms with E-state index in [0.717, 1.165) is 32.1 Å². The smallest absolute Gasteiger partial charge is 0.163 e. The van der Waals surface area contributed by atoms with Gasteiger partial charge in [0.15, 0.2) is 6.17 Å². The zero-order valence-corrected chi connectivity index (χ0v) is 9.57. The third-order valence-corrected chi connectivity index (χ3v) is 2.66. The van der Waals surface area contributed by atoms with Gasteiger partial charge in [0.25, 0.3) is 0 Å². The molecule has 2 atom stereocenters. The van der Waals surface area contributed by atoms with Gasteiger partial charge in [-0.05, 0) is 24.7 Å². The van der Waals surface area contributed by atoms with Crippen LogP contribution in [0.25, 0.3) is 0 Å². The molecule has 0 aliphatic heterocycles. The normalized spacial score (nSPS) is 28.6. The average molecular weight is 196 g/mol.